The average molecular weight is 272 g/mol. The third-order valence-corrected chi connectivity index (χ3v) is 2.46. The molecule has 7 heteroatoms. The third-order valence-electron chi connectivity index (χ3n) is 1.99. The zero-order chi connectivity index (χ0) is 13.5. The Morgan fingerprint density at radius 3 is 2.67 bits per heavy atom. The van der Waals surface area contributed by atoms with Gasteiger partial charge < -0.3 is 14.6 Å². The Morgan fingerprint density at radius 1 is 1.39 bits per heavy atom. The average Bonchev–Trinajstić information content (AvgIpc) is 2.28. The Labute approximate surface area is 105 Å². The van der Waals surface area contributed by atoms with E-state index in [0.717, 1.165) is 5.37 Å². The van der Waals surface area contributed by atoms with E-state index in [-0.39, 0.29) is 13.0 Å². The van der Waals surface area contributed by atoms with E-state index >= 15 is 0 Å². The van der Waals surface area contributed by atoms with E-state index in [2.05, 4.69) is 0 Å². The van der Waals surface area contributed by atoms with E-state index < -0.39 is 16.3 Å². The van der Waals surface area contributed by atoms with Gasteiger partial charge in [0.2, 0.25) is 10.3 Å². The van der Waals surface area contributed by atoms with E-state index in [1.807, 2.05) is 0 Å². The summed E-state index contributed by atoms with van der Waals surface area (Å²) in [5.41, 5.74) is 0.425. The summed E-state index contributed by atoms with van der Waals surface area (Å²) in [6, 6.07) is 4.57. The number of carboxylic acids is 1. The highest BCUT2D eigenvalue weighted by atomic mass is 32.2. The Balaban J connectivity index is 2.91. The van der Waals surface area contributed by atoms with E-state index in [1.54, 1.807) is 12.1 Å². The van der Waals surface area contributed by atoms with Crippen molar-refractivity contribution >= 4 is 21.6 Å². The van der Waals surface area contributed by atoms with Crippen LogP contribution in [0.1, 0.15) is 12.0 Å². The van der Waals surface area contributed by atoms with Crippen LogP contribution in [0.4, 0.5) is 0 Å². The molecule has 0 saturated heterocycles. The van der Waals surface area contributed by atoms with Gasteiger partial charge in [-0.2, -0.15) is 8.42 Å². The molecule has 0 bridgehead atoms. The van der Waals surface area contributed by atoms with Gasteiger partial charge in [0.1, 0.15) is 0 Å². The maximum atomic E-state index is 10.5. The summed E-state index contributed by atoms with van der Waals surface area (Å²) in [5, 5.41) is 9.51. The van der Waals surface area contributed by atoms with Gasteiger partial charge in [0.05, 0.1) is 25.5 Å². The number of aliphatic carboxylic acids is 1. The molecule has 0 aromatic heterocycles. The van der Waals surface area contributed by atoms with Gasteiger partial charge in [0.25, 0.3) is 0 Å². The lowest BCUT2D eigenvalue weighted by atomic mass is 10.2. The molecule has 1 rings (SSSR count). The topological polar surface area (TPSA) is 89.9 Å². The minimum Gasteiger partial charge on any atom is -0.493 e. The highest BCUT2D eigenvalue weighted by Gasteiger charge is 2.06. The second-order valence-electron chi connectivity index (χ2n) is 3.28. The zero-order valence-corrected chi connectivity index (χ0v) is 10.4. The molecular formula is C11H12O6S. The number of carbonyl (C=O) groups is 1. The van der Waals surface area contributed by atoms with Crippen molar-refractivity contribution < 1.29 is 27.8 Å². The fourth-order valence-corrected chi connectivity index (χ4v) is 1.61. The summed E-state index contributed by atoms with van der Waals surface area (Å²) in [7, 11) is -0.873. The smallest absolute Gasteiger partial charge is 0.306 e. The zero-order valence-electron chi connectivity index (χ0n) is 9.62. The van der Waals surface area contributed by atoms with Crippen LogP contribution in [-0.4, -0.2) is 38.6 Å². The van der Waals surface area contributed by atoms with Crippen molar-refractivity contribution in [1.82, 2.24) is 0 Å². The van der Waals surface area contributed by atoms with E-state index in [1.165, 1.54) is 13.2 Å². The van der Waals surface area contributed by atoms with E-state index in [9.17, 15) is 13.2 Å². The van der Waals surface area contributed by atoms with Crippen molar-refractivity contribution in [2.24, 2.45) is 0 Å². The molecule has 1 aromatic carbocycles. The molecule has 98 valence electrons. The lowest BCUT2D eigenvalue weighted by Gasteiger charge is -2.10. The number of benzene rings is 1. The normalized spacial score (nSPS) is 9.61. The predicted molar refractivity (Wildman–Crippen MR) is 64.8 cm³/mol. The van der Waals surface area contributed by atoms with Crippen LogP contribution in [0.5, 0.6) is 11.5 Å². The SMILES string of the molecule is COc1ccc(C=S(=O)=O)cc1OCCC(=O)O. The molecule has 1 N–H and O–H groups in total. The molecular weight excluding hydrogens is 260 g/mol. The molecule has 0 aliphatic heterocycles. The van der Waals surface area contributed by atoms with Crippen LogP contribution in [-0.2, 0) is 15.1 Å². The summed E-state index contributed by atoms with van der Waals surface area (Å²) in [4.78, 5) is 10.4. The van der Waals surface area contributed by atoms with Gasteiger partial charge >= 0.3 is 5.97 Å². The Morgan fingerprint density at radius 2 is 2.11 bits per heavy atom. The molecule has 0 atom stereocenters. The molecule has 0 heterocycles. The lowest BCUT2D eigenvalue weighted by molar-refractivity contribution is -0.137. The molecule has 18 heavy (non-hydrogen) atoms. The largest absolute Gasteiger partial charge is 0.493 e. The second kappa shape index (κ2) is 6.65. The maximum absolute atomic E-state index is 10.5. The molecule has 1 aromatic rings. The first-order valence-electron chi connectivity index (χ1n) is 4.98. The first-order valence-corrected chi connectivity index (χ1v) is 6.12. The number of methoxy groups -OCH3 is 1. The van der Waals surface area contributed by atoms with Crippen molar-refractivity contribution in [2.45, 2.75) is 6.42 Å². The summed E-state index contributed by atoms with van der Waals surface area (Å²) in [6.07, 6.45) is -0.148. The molecule has 0 radical (unpaired) electrons. The van der Waals surface area contributed by atoms with Gasteiger partial charge in [-0.15, -0.1) is 0 Å². The Hall–Kier alpha value is -2.02. The molecule has 0 amide bonds. The Kier molecular flexibility index (Phi) is 5.19. The highest BCUT2D eigenvalue weighted by Crippen LogP contribution is 2.27. The van der Waals surface area contributed by atoms with Crippen LogP contribution in [0.15, 0.2) is 18.2 Å². The summed E-state index contributed by atoms with van der Waals surface area (Å²) < 4.78 is 31.3. The van der Waals surface area contributed by atoms with Crippen LogP contribution < -0.4 is 9.47 Å². The molecule has 0 aliphatic carbocycles. The van der Waals surface area contributed by atoms with Gasteiger partial charge in [-0.05, 0) is 17.7 Å². The number of hydrogen-bond acceptors (Lipinski definition) is 5. The standard InChI is InChI=1S/C11H12O6S/c1-16-9-3-2-8(7-18(14)15)6-10(9)17-5-4-11(12)13/h2-3,6-7H,4-5H2,1H3,(H,12,13). The number of carboxylic acid groups (broad SMARTS) is 1. The molecule has 0 unspecified atom stereocenters. The fourth-order valence-electron chi connectivity index (χ4n) is 1.24. The van der Waals surface area contributed by atoms with Gasteiger partial charge in [-0.3, -0.25) is 4.79 Å². The van der Waals surface area contributed by atoms with Crippen molar-refractivity contribution in [3.8, 4) is 11.5 Å². The summed E-state index contributed by atoms with van der Waals surface area (Å²) in [5.74, 6) is -0.260. The van der Waals surface area contributed by atoms with E-state index in [4.69, 9.17) is 14.6 Å². The summed E-state index contributed by atoms with van der Waals surface area (Å²) >= 11 is 0. The minimum absolute atomic E-state index is 0.0182. The molecule has 6 nitrogen and oxygen atoms in total. The van der Waals surface area contributed by atoms with Crippen LogP contribution in [0.25, 0.3) is 0 Å². The first kappa shape index (κ1) is 14.0. The number of hydrogen-bond donors (Lipinski definition) is 1. The second-order valence-corrected chi connectivity index (χ2v) is 4.04. The monoisotopic (exact) mass is 272 g/mol. The third kappa shape index (κ3) is 4.46. The van der Waals surface area contributed by atoms with Crippen LogP contribution in [0.3, 0.4) is 0 Å². The Bertz CT molecular complexity index is 553. The summed E-state index contributed by atoms with van der Waals surface area (Å²) in [6.45, 7) is -0.0182. The quantitative estimate of drug-likeness (QED) is 0.762. The van der Waals surface area contributed by atoms with Gasteiger partial charge in [0.15, 0.2) is 11.5 Å². The van der Waals surface area contributed by atoms with Crippen molar-refractivity contribution in [3.05, 3.63) is 23.8 Å². The molecule has 0 saturated carbocycles. The minimum atomic E-state index is -2.31. The fraction of sp³-hybridized carbons (Fsp3) is 0.273. The van der Waals surface area contributed by atoms with Crippen LogP contribution in [0, 0.1) is 0 Å². The van der Waals surface area contributed by atoms with E-state index in [0.29, 0.717) is 17.1 Å². The number of rotatable bonds is 6. The maximum Gasteiger partial charge on any atom is 0.306 e. The lowest BCUT2D eigenvalue weighted by Crippen LogP contribution is -2.05. The molecule has 0 fully saturated rings. The predicted octanol–water partition coefficient (Wildman–Crippen LogP) is 0.578. The first-order chi connectivity index (χ1) is 8.52. The van der Waals surface area contributed by atoms with Crippen molar-refractivity contribution in [2.75, 3.05) is 13.7 Å². The van der Waals surface area contributed by atoms with Gasteiger partial charge in [0, 0.05) is 0 Å². The van der Waals surface area contributed by atoms with Gasteiger partial charge in [-0.25, -0.2) is 0 Å². The van der Waals surface area contributed by atoms with Crippen molar-refractivity contribution in [3.63, 3.8) is 0 Å². The van der Waals surface area contributed by atoms with Crippen LogP contribution in [0.2, 0.25) is 0 Å². The number of ether oxygens (including phenoxy) is 2. The molecule has 0 spiro atoms. The van der Waals surface area contributed by atoms with Crippen molar-refractivity contribution in [1.29, 1.82) is 0 Å². The van der Waals surface area contributed by atoms with Gasteiger partial charge in [-0.1, -0.05) is 6.07 Å². The van der Waals surface area contributed by atoms with Crippen LogP contribution >= 0.6 is 0 Å². The highest BCUT2D eigenvalue weighted by molar-refractivity contribution is 7.71. The molecule has 0 aliphatic rings.